The molecule has 0 saturated carbocycles. The number of amides is 2. The molecular formula is C17H19ClN2O5. The van der Waals surface area contributed by atoms with E-state index < -0.39 is 12.0 Å². The molecule has 1 N–H and O–H groups in total. The van der Waals surface area contributed by atoms with Gasteiger partial charge in [-0.1, -0.05) is 11.6 Å². The zero-order valence-corrected chi connectivity index (χ0v) is 14.5. The van der Waals surface area contributed by atoms with Gasteiger partial charge in [-0.05, 0) is 44.1 Å². The summed E-state index contributed by atoms with van der Waals surface area (Å²) in [5.74, 6) is -1.42. The molecule has 0 bridgehead atoms. The first kappa shape index (κ1) is 17.7. The molecule has 0 radical (unpaired) electrons. The number of methoxy groups -OCH3 is 1. The molecule has 0 spiro atoms. The van der Waals surface area contributed by atoms with Crippen molar-refractivity contribution in [3.05, 3.63) is 23.2 Å². The number of ether oxygens (including phenoxy) is 1. The number of halogens is 1. The molecule has 0 aromatic heterocycles. The maximum Gasteiger partial charge on any atom is 0.306 e. The third-order valence-electron chi connectivity index (χ3n) is 4.82. The van der Waals surface area contributed by atoms with Crippen molar-refractivity contribution in [2.45, 2.75) is 25.3 Å². The predicted octanol–water partition coefficient (Wildman–Crippen LogP) is 1.78. The Hall–Kier alpha value is -2.12. The number of carboxylic acid groups (broad SMARTS) is 1. The summed E-state index contributed by atoms with van der Waals surface area (Å²) in [4.78, 5) is 39.4. The van der Waals surface area contributed by atoms with Crippen molar-refractivity contribution in [1.29, 1.82) is 0 Å². The lowest BCUT2D eigenvalue weighted by molar-refractivity contribution is -0.143. The molecule has 3 rings (SSSR count). The van der Waals surface area contributed by atoms with Crippen LogP contribution in [0.1, 0.15) is 19.3 Å². The monoisotopic (exact) mass is 366 g/mol. The van der Waals surface area contributed by atoms with Crippen LogP contribution in [0.2, 0.25) is 5.02 Å². The van der Waals surface area contributed by atoms with E-state index in [1.807, 2.05) is 4.90 Å². The lowest BCUT2D eigenvalue weighted by Gasteiger charge is -2.33. The van der Waals surface area contributed by atoms with Crippen LogP contribution in [0, 0.1) is 5.92 Å². The van der Waals surface area contributed by atoms with Gasteiger partial charge >= 0.3 is 5.97 Å². The van der Waals surface area contributed by atoms with Gasteiger partial charge in [0, 0.05) is 5.02 Å². The summed E-state index contributed by atoms with van der Waals surface area (Å²) in [6, 6.07) is 4.22. The molecule has 2 aliphatic rings. The Balaban J connectivity index is 1.80. The number of aliphatic carboxylic acids is 1. The van der Waals surface area contributed by atoms with Crippen molar-refractivity contribution in [2.75, 3.05) is 25.1 Å². The molecule has 2 heterocycles. The Labute approximate surface area is 150 Å². The van der Waals surface area contributed by atoms with Crippen molar-refractivity contribution in [3.8, 4) is 5.75 Å². The van der Waals surface area contributed by atoms with E-state index in [4.69, 9.17) is 21.4 Å². The number of rotatable bonds is 4. The highest BCUT2D eigenvalue weighted by Gasteiger charge is 2.44. The molecule has 2 fully saturated rings. The summed E-state index contributed by atoms with van der Waals surface area (Å²) in [7, 11) is 1.46. The number of likely N-dealkylation sites (tertiary alicyclic amines) is 1. The maximum absolute atomic E-state index is 12.9. The molecule has 1 aromatic carbocycles. The Morgan fingerprint density at radius 3 is 2.56 bits per heavy atom. The van der Waals surface area contributed by atoms with Gasteiger partial charge in [0.2, 0.25) is 5.91 Å². The molecule has 1 aromatic rings. The minimum absolute atomic E-state index is 0.0756. The Bertz CT molecular complexity index is 715. The van der Waals surface area contributed by atoms with Crippen molar-refractivity contribution >= 4 is 35.1 Å². The van der Waals surface area contributed by atoms with Gasteiger partial charge in [-0.2, -0.15) is 0 Å². The molecule has 0 unspecified atom stereocenters. The lowest BCUT2D eigenvalue weighted by Crippen LogP contribution is -2.46. The summed E-state index contributed by atoms with van der Waals surface area (Å²) in [6.45, 7) is 0.975. The number of piperidine rings is 1. The number of nitrogens with zero attached hydrogens (tertiary/aromatic N) is 2. The Kier molecular flexibility index (Phi) is 4.96. The third kappa shape index (κ3) is 3.34. The summed E-state index contributed by atoms with van der Waals surface area (Å²) >= 11 is 6.01. The normalized spacial score (nSPS) is 22.5. The van der Waals surface area contributed by atoms with Crippen molar-refractivity contribution in [3.63, 3.8) is 0 Å². The molecule has 2 amide bonds. The Morgan fingerprint density at radius 1 is 1.28 bits per heavy atom. The quantitative estimate of drug-likeness (QED) is 0.817. The van der Waals surface area contributed by atoms with Crippen molar-refractivity contribution in [2.24, 2.45) is 5.92 Å². The number of carbonyl (C=O) groups excluding carboxylic acids is 2. The van der Waals surface area contributed by atoms with E-state index in [1.54, 1.807) is 12.1 Å². The van der Waals surface area contributed by atoms with Gasteiger partial charge in [-0.15, -0.1) is 0 Å². The number of imide groups is 1. The van der Waals surface area contributed by atoms with Crippen LogP contribution in [0.25, 0.3) is 0 Å². The molecule has 8 heteroatoms. The van der Waals surface area contributed by atoms with E-state index in [-0.39, 0.29) is 24.2 Å². The fourth-order valence-corrected chi connectivity index (χ4v) is 3.62. The number of hydrogen-bond donors (Lipinski definition) is 1. The van der Waals surface area contributed by atoms with Crippen molar-refractivity contribution < 1.29 is 24.2 Å². The first-order valence-corrected chi connectivity index (χ1v) is 8.47. The predicted molar refractivity (Wildman–Crippen MR) is 90.8 cm³/mol. The van der Waals surface area contributed by atoms with Gasteiger partial charge in [0.15, 0.2) is 0 Å². The summed E-state index contributed by atoms with van der Waals surface area (Å²) in [5, 5.41) is 9.49. The first-order valence-electron chi connectivity index (χ1n) is 8.09. The van der Waals surface area contributed by atoms with E-state index in [1.165, 1.54) is 13.2 Å². The second kappa shape index (κ2) is 7.01. The van der Waals surface area contributed by atoms with E-state index >= 15 is 0 Å². The van der Waals surface area contributed by atoms with Crippen LogP contribution >= 0.6 is 11.6 Å². The van der Waals surface area contributed by atoms with E-state index in [0.717, 1.165) is 4.90 Å². The van der Waals surface area contributed by atoms with Crippen molar-refractivity contribution in [1.82, 2.24) is 4.90 Å². The third-order valence-corrected chi connectivity index (χ3v) is 5.06. The SMILES string of the molecule is COc1ccc(Cl)cc1N1C(=O)C[C@@H](N2CCC(C(=O)O)CC2)C1=O. The van der Waals surface area contributed by atoms with E-state index in [2.05, 4.69) is 0 Å². The highest BCUT2D eigenvalue weighted by molar-refractivity contribution is 6.31. The number of benzene rings is 1. The fourth-order valence-electron chi connectivity index (χ4n) is 3.45. The molecule has 25 heavy (non-hydrogen) atoms. The molecule has 134 valence electrons. The average Bonchev–Trinajstić information content (AvgIpc) is 2.89. The first-order chi connectivity index (χ1) is 11.9. The molecule has 2 aliphatic heterocycles. The van der Waals surface area contributed by atoms with Gasteiger partial charge in [0.25, 0.3) is 5.91 Å². The van der Waals surface area contributed by atoms with Crippen LogP contribution in [-0.4, -0.2) is 54.0 Å². The fraction of sp³-hybridized carbons (Fsp3) is 0.471. The summed E-state index contributed by atoms with van der Waals surface area (Å²) < 4.78 is 5.25. The van der Waals surface area contributed by atoms with Crippen LogP contribution in [0.5, 0.6) is 5.75 Å². The van der Waals surface area contributed by atoms with Gasteiger partial charge in [0.1, 0.15) is 5.75 Å². The second-order valence-electron chi connectivity index (χ2n) is 6.25. The van der Waals surface area contributed by atoms with Gasteiger partial charge in [-0.3, -0.25) is 19.3 Å². The molecule has 7 nitrogen and oxygen atoms in total. The minimum Gasteiger partial charge on any atom is -0.495 e. The largest absolute Gasteiger partial charge is 0.495 e. The molecule has 2 saturated heterocycles. The number of carboxylic acids is 1. The standard InChI is InChI=1S/C17H19ClN2O5/c1-25-14-3-2-11(18)8-12(14)20-15(21)9-13(16(20)22)19-6-4-10(5-7-19)17(23)24/h2-3,8,10,13H,4-7,9H2,1H3,(H,23,24)/t13-/m1/s1. The number of hydrogen-bond acceptors (Lipinski definition) is 5. The van der Waals surface area contributed by atoms with Crippen LogP contribution < -0.4 is 9.64 Å². The van der Waals surface area contributed by atoms with E-state index in [0.29, 0.717) is 42.4 Å². The topological polar surface area (TPSA) is 87.2 Å². The zero-order chi connectivity index (χ0) is 18.1. The average molecular weight is 367 g/mol. The zero-order valence-electron chi connectivity index (χ0n) is 13.8. The summed E-state index contributed by atoms with van der Waals surface area (Å²) in [6.07, 6.45) is 1.04. The van der Waals surface area contributed by atoms with Gasteiger partial charge < -0.3 is 9.84 Å². The van der Waals surface area contributed by atoms with Crippen LogP contribution in [0.15, 0.2) is 18.2 Å². The van der Waals surface area contributed by atoms with Crippen LogP contribution in [0.4, 0.5) is 5.69 Å². The maximum atomic E-state index is 12.9. The smallest absolute Gasteiger partial charge is 0.306 e. The number of carbonyl (C=O) groups is 3. The second-order valence-corrected chi connectivity index (χ2v) is 6.69. The van der Waals surface area contributed by atoms with Crippen LogP contribution in [-0.2, 0) is 14.4 Å². The van der Waals surface area contributed by atoms with E-state index in [9.17, 15) is 14.4 Å². The summed E-state index contributed by atoms with van der Waals surface area (Å²) in [5.41, 5.74) is 0.341. The van der Waals surface area contributed by atoms with Gasteiger partial charge in [-0.25, -0.2) is 4.90 Å². The number of anilines is 1. The highest BCUT2D eigenvalue weighted by atomic mass is 35.5. The van der Waals surface area contributed by atoms with Crippen LogP contribution in [0.3, 0.4) is 0 Å². The molecular weight excluding hydrogens is 348 g/mol. The molecule has 1 atom stereocenters. The van der Waals surface area contributed by atoms with Gasteiger partial charge in [0.05, 0.1) is 31.2 Å². The minimum atomic E-state index is -0.807. The lowest BCUT2D eigenvalue weighted by atomic mass is 9.96. The highest BCUT2D eigenvalue weighted by Crippen LogP contribution is 2.36. The Morgan fingerprint density at radius 2 is 1.96 bits per heavy atom. The molecule has 0 aliphatic carbocycles.